The molecule has 14 heavy (non-hydrogen) atoms. The van der Waals surface area contributed by atoms with Crippen molar-refractivity contribution < 1.29 is 8.42 Å². The van der Waals surface area contributed by atoms with Gasteiger partial charge in [0.2, 0.25) is 0 Å². The average Bonchev–Trinajstić information content (AvgIpc) is 2.52. The average molecular weight is 244 g/mol. The van der Waals surface area contributed by atoms with Crippen LogP contribution in [0, 0.1) is 0 Å². The molecule has 1 saturated heterocycles. The molecule has 5 nitrogen and oxygen atoms in total. The summed E-state index contributed by atoms with van der Waals surface area (Å²) in [4.78, 5) is 0. The highest BCUT2D eigenvalue weighted by molar-refractivity contribution is 7.87. The van der Waals surface area contributed by atoms with Crippen LogP contribution in [-0.2, 0) is 10.2 Å². The van der Waals surface area contributed by atoms with Crippen molar-refractivity contribution in [1.29, 1.82) is 0 Å². The van der Waals surface area contributed by atoms with Gasteiger partial charge >= 0.3 is 0 Å². The van der Waals surface area contributed by atoms with E-state index in [0.29, 0.717) is 6.54 Å². The van der Waals surface area contributed by atoms with E-state index in [1.165, 1.54) is 0 Å². The van der Waals surface area contributed by atoms with Gasteiger partial charge in [0, 0.05) is 19.1 Å². The fourth-order valence-corrected chi connectivity index (χ4v) is 2.45. The fraction of sp³-hybridized carbons (Fsp3) is 1.00. The molecule has 0 saturated carbocycles. The Bertz CT molecular complexity index is 239. The smallest absolute Gasteiger partial charge is 0.277 e. The second-order valence-corrected chi connectivity index (χ2v) is 4.74. The highest BCUT2D eigenvalue weighted by atomic mass is 35.5. The molecule has 1 atom stereocenters. The standard InChI is InChI=1S/C7H17N3O2S.ClH/c1-2-4-9-13(11,12)10-7-3-5-8-6-7;/h7-10H,2-6H2,1H3;1H. The Balaban J connectivity index is 0.00000169. The van der Waals surface area contributed by atoms with Gasteiger partial charge in [-0.2, -0.15) is 13.1 Å². The predicted molar refractivity (Wildman–Crippen MR) is 58.9 cm³/mol. The molecule has 0 aromatic carbocycles. The number of hydrogen-bond donors (Lipinski definition) is 3. The lowest BCUT2D eigenvalue weighted by molar-refractivity contribution is 0.545. The van der Waals surface area contributed by atoms with Crippen molar-refractivity contribution in [2.45, 2.75) is 25.8 Å². The normalized spacial score (nSPS) is 21.9. The van der Waals surface area contributed by atoms with E-state index < -0.39 is 10.2 Å². The summed E-state index contributed by atoms with van der Waals surface area (Å²) in [6.45, 7) is 4.04. The lowest BCUT2D eigenvalue weighted by Crippen LogP contribution is -2.43. The lowest BCUT2D eigenvalue weighted by Gasteiger charge is -2.11. The van der Waals surface area contributed by atoms with Gasteiger partial charge in [-0.25, -0.2) is 4.72 Å². The van der Waals surface area contributed by atoms with Gasteiger partial charge in [-0.1, -0.05) is 6.92 Å². The summed E-state index contributed by atoms with van der Waals surface area (Å²) in [5, 5.41) is 3.10. The van der Waals surface area contributed by atoms with Gasteiger partial charge < -0.3 is 5.32 Å². The molecule has 86 valence electrons. The fourth-order valence-electron chi connectivity index (χ4n) is 1.25. The Kier molecular flexibility index (Phi) is 6.63. The van der Waals surface area contributed by atoms with Gasteiger partial charge in [0.25, 0.3) is 10.2 Å². The molecule has 1 heterocycles. The van der Waals surface area contributed by atoms with Crippen molar-refractivity contribution in [3.05, 3.63) is 0 Å². The Hall–Kier alpha value is 0.120. The van der Waals surface area contributed by atoms with E-state index in [4.69, 9.17) is 0 Å². The summed E-state index contributed by atoms with van der Waals surface area (Å²) < 4.78 is 27.6. The summed E-state index contributed by atoms with van der Waals surface area (Å²) in [7, 11) is -3.27. The van der Waals surface area contributed by atoms with E-state index in [-0.39, 0.29) is 18.4 Å². The zero-order valence-corrected chi connectivity index (χ0v) is 9.88. The monoisotopic (exact) mass is 243 g/mol. The highest BCUT2D eigenvalue weighted by Gasteiger charge is 2.19. The Morgan fingerprint density at radius 3 is 2.71 bits per heavy atom. The Labute approximate surface area is 91.6 Å². The van der Waals surface area contributed by atoms with Gasteiger partial charge in [-0.15, -0.1) is 12.4 Å². The largest absolute Gasteiger partial charge is 0.315 e. The molecule has 1 rings (SSSR count). The maximum absolute atomic E-state index is 11.3. The number of halogens is 1. The van der Waals surface area contributed by atoms with Crippen LogP contribution in [-0.4, -0.2) is 34.1 Å². The van der Waals surface area contributed by atoms with Crippen molar-refractivity contribution in [1.82, 2.24) is 14.8 Å². The van der Waals surface area contributed by atoms with Crippen molar-refractivity contribution in [3.63, 3.8) is 0 Å². The van der Waals surface area contributed by atoms with E-state index in [0.717, 1.165) is 25.9 Å². The molecule has 0 aliphatic carbocycles. The van der Waals surface area contributed by atoms with Crippen LogP contribution in [0.25, 0.3) is 0 Å². The van der Waals surface area contributed by atoms with Crippen LogP contribution in [0.4, 0.5) is 0 Å². The number of hydrogen-bond acceptors (Lipinski definition) is 3. The molecule has 0 radical (unpaired) electrons. The molecule has 1 aliphatic heterocycles. The molecule has 3 N–H and O–H groups in total. The zero-order valence-electron chi connectivity index (χ0n) is 8.25. The van der Waals surface area contributed by atoms with Crippen LogP contribution < -0.4 is 14.8 Å². The van der Waals surface area contributed by atoms with Gasteiger partial charge in [-0.05, 0) is 19.4 Å². The second-order valence-electron chi connectivity index (χ2n) is 3.21. The quantitative estimate of drug-likeness (QED) is 0.616. The molecule has 0 aromatic heterocycles. The summed E-state index contributed by atoms with van der Waals surface area (Å²) >= 11 is 0. The molecular weight excluding hydrogens is 226 g/mol. The van der Waals surface area contributed by atoms with Crippen LogP contribution in [0.2, 0.25) is 0 Å². The maximum atomic E-state index is 11.3. The first-order chi connectivity index (χ1) is 6.14. The molecule has 0 spiro atoms. The summed E-state index contributed by atoms with van der Waals surface area (Å²) in [6, 6.07) is 0.0503. The van der Waals surface area contributed by atoms with E-state index in [1.54, 1.807) is 0 Å². The Morgan fingerprint density at radius 1 is 1.50 bits per heavy atom. The minimum atomic E-state index is -3.27. The van der Waals surface area contributed by atoms with Gasteiger partial charge in [0.1, 0.15) is 0 Å². The van der Waals surface area contributed by atoms with E-state index in [1.807, 2.05) is 6.92 Å². The second kappa shape index (κ2) is 6.58. The molecule has 1 aliphatic rings. The maximum Gasteiger partial charge on any atom is 0.277 e. The summed E-state index contributed by atoms with van der Waals surface area (Å²) in [5.74, 6) is 0. The van der Waals surface area contributed by atoms with Crippen molar-refractivity contribution in [2.24, 2.45) is 0 Å². The van der Waals surface area contributed by atoms with E-state index >= 15 is 0 Å². The van der Waals surface area contributed by atoms with Crippen LogP contribution >= 0.6 is 12.4 Å². The van der Waals surface area contributed by atoms with Crippen LogP contribution in [0.15, 0.2) is 0 Å². The van der Waals surface area contributed by atoms with Crippen molar-refractivity contribution in [3.8, 4) is 0 Å². The van der Waals surface area contributed by atoms with Crippen LogP contribution in [0.3, 0.4) is 0 Å². The minimum Gasteiger partial charge on any atom is -0.315 e. The van der Waals surface area contributed by atoms with Crippen LogP contribution in [0.1, 0.15) is 19.8 Å². The highest BCUT2D eigenvalue weighted by Crippen LogP contribution is 1.98. The lowest BCUT2D eigenvalue weighted by atomic mass is 10.3. The molecular formula is C7H18ClN3O2S. The molecule has 1 fully saturated rings. The third-order valence-electron chi connectivity index (χ3n) is 1.92. The minimum absolute atomic E-state index is 0. The summed E-state index contributed by atoms with van der Waals surface area (Å²) in [5.41, 5.74) is 0. The molecule has 0 bridgehead atoms. The van der Waals surface area contributed by atoms with Gasteiger partial charge in [-0.3, -0.25) is 0 Å². The third-order valence-corrected chi connectivity index (χ3v) is 3.15. The van der Waals surface area contributed by atoms with E-state index in [2.05, 4.69) is 14.8 Å². The van der Waals surface area contributed by atoms with Gasteiger partial charge in [0.15, 0.2) is 0 Å². The molecule has 7 heteroatoms. The predicted octanol–water partition coefficient (Wildman–Crippen LogP) is -0.396. The first-order valence-corrected chi connectivity index (χ1v) is 6.10. The topological polar surface area (TPSA) is 70.2 Å². The molecule has 0 aromatic rings. The van der Waals surface area contributed by atoms with Crippen molar-refractivity contribution >= 4 is 22.6 Å². The SMILES string of the molecule is CCCNS(=O)(=O)NC1CCNC1.Cl. The first kappa shape index (κ1) is 14.1. The van der Waals surface area contributed by atoms with E-state index in [9.17, 15) is 8.42 Å². The van der Waals surface area contributed by atoms with Crippen LogP contribution in [0.5, 0.6) is 0 Å². The summed E-state index contributed by atoms with van der Waals surface area (Å²) in [6.07, 6.45) is 1.68. The van der Waals surface area contributed by atoms with Gasteiger partial charge in [0.05, 0.1) is 0 Å². The first-order valence-electron chi connectivity index (χ1n) is 4.61. The Morgan fingerprint density at radius 2 is 2.21 bits per heavy atom. The molecule has 1 unspecified atom stereocenters. The third kappa shape index (κ3) is 5.11. The number of rotatable bonds is 5. The zero-order chi connectivity index (χ0) is 9.73. The van der Waals surface area contributed by atoms with Crippen molar-refractivity contribution in [2.75, 3.05) is 19.6 Å². The number of nitrogens with one attached hydrogen (secondary N) is 3. The molecule has 0 amide bonds.